The fourth-order valence-electron chi connectivity index (χ4n) is 1.74. The molecule has 1 aliphatic carbocycles. The maximum Gasteiger partial charge on any atom is 0.237 e. The Morgan fingerprint density at radius 3 is 2.73 bits per heavy atom. The molecule has 15 heavy (non-hydrogen) atoms. The van der Waals surface area contributed by atoms with Crippen LogP contribution in [0.1, 0.15) is 33.1 Å². The fraction of sp³-hybridized carbons (Fsp3) is 0.750. The topological polar surface area (TPSA) is 41.1 Å². The average molecular weight is 208 g/mol. The van der Waals surface area contributed by atoms with Crippen LogP contribution in [0.2, 0.25) is 0 Å². The molecule has 3 nitrogen and oxygen atoms in total. The fourth-order valence-corrected chi connectivity index (χ4v) is 1.74. The molecule has 0 spiro atoms. The molecule has 0 aliphatic heterocycles. The van der Waals surface area contributed by atoms with Gasteiger partial charge < -0.3 is 10.6 Å². The lowest BCUT2D eigenvalue weighted by Gasteiger charge is -2.39. The number of carbonyl (C=O) groups excluding carboxylic acids is 1. The third kappa shape index (κ3) is 3.56. The van der Waals surface area contributed by atoms with E-state index in [0.29, 0.717) is 12.0 Å². The van der Waals surface area contributed by atoms with Gasteiger partial charge in [-0.2, -0.15) is 0 Å². The molecule has 1 atom stereocenters. The van der Waals surface area contributed by atoms with Crippen LogP contribution in [0.5, 0.6) is 0 Å². The normalized spacial score (nSPS) is 19.8. The third-order valence-corrected chi connectivity index (χ3v) is 3.15. The van der Waals surface area contributed by atoms with E-state index in [9.17, 15) is 4.79 Å². The summed E-state index contributed by atoms with van der Waals surface area (Å²) in [5.74, 6) is 2.37. The zero-order valence-corrected chi connectivity index (χ0v) is 9.60. The molecule has 1 fully saturated rings. The Balaban J connectivity index is 2.20. The van der Waals surface area contributed by atoms with Crippen LogP contribution in [-0.2, 0) is 4.79 Å². The summed E-state index contributed by atoms with van der Waals surface area (Å²) in [5.41, 5.74) is 0.403. The van der Waals surface area contributed by atoms with Gasteiger partial charge in [-0.3, -0.25) is 4.79 Å². The van der Waals surface area contributed by atoms with Crippen LogP contribution < -0.4 is 10.6 Å². The van der Waals surface area contributed by atoms with Gasteiger partial charge in [0.1, 0.15) is 0 Å². The number of carbonyl (C=O) groups is 1. The first-order chi connectivity index (χ1) is 7.07. The van der Waals surface area contributed by atoms with Crippen molar-refractivity contribution in [3.63, 3.8) is 0 Å². The van der Waals surface area contributed by atoms with Crippen molar-refractivity contribution in [2.75, 3.05) is 13.1 Å². The van der Waals surface area contributed by atoms with Crippen molar-refractivity contribution in [2.45, 2.75) is 39.2 Å². The van der Waals surface area contributed by atoms with Crippen LogP contribution in [0.15, 0.2) is 0 Å². The second-order valence-electron chi connectivity index (χ2n) is 4.69. The van der Waals surface area contributed by atoms with Gasteiger partial charge in [0.25, 0.3) is 0 Å². The first-order valence-corrected chi connectivity index (χ1v) is 5.52. The number of amides is 1. The van der Waals surface area contributed by atoms with E-state index in [1.165, 1.54) is 19.3 Å². The Morgan fingerprint density at radius 1 is 1.60 bits per heavy atom. The predicted molar refractivity (Wildman–Crippen MR) is 61.3 cm³/mol. The summed E-state index contributed by atoms with van der Waals surface area (Å²) < 4.78 is 0. The van der Waals surface area contributed by atoms with Crippen molar-refractivity contribution in [3.05, 3.63) is 0 Å². The molecular formula is C12H20N2O. The lowest BCUT2D eigenvalue weighted by Crippen LogP contribution is -2.47. The summed E-state index contributed by atoms with van der Waals surface area (Å²) in [6.45, 7) is 5.35. The summed E-state index contributed by atoms with van der Waals surface area (Å²) in [7, 11) is 0. The van der Waals surface area contributed by atoms with Crippen molar-refractivity contribution in [1.82, 2.24) is 10.6 Å². The minimum Gasteiger partial charge on any atom is -0.344 e. The highest BCUT2D eigenvalue weighted by molar-refractivity contribution is 5.81. The maximum atomic E-state index is 11.5. The van der Waals surface area contributed by atoms with E-state index in [4.69, 9.17) is 6.42 Å². The summed E-state index contributed by atoms with van der Waals surface area (Å²) in [6.07, 6.45) is 8.91. The number of nitrogens with one attached hydrogen (secondary N) is 2. The molecule has 84 valence electrons. The molecule has 0 aromatic heterocycles. The summed E-state index contributed by atoms with van der Waals surface area (Å²) in [6, 6.07) is -0.157. The predicted octanol–water partition coefficient (Wildman–Crippen LogP) is 0.904. The van der Waals surface area contributed by atoms with Crippen molar-refractivity contribution in [3.8, 4) is 12.3 Å². The lowest BCUT2D eigenvalue weighted by atomic mass is 9.70. The van der Waals surface area contributed by atoms with Crippen LogP contribution in [0, 0.1) is 17.8 Å². The van der Waals surface area contributed by atoms with Gasteiger partial charge in [0.15, 0.2) is 0 Å². The van der Waals surface area contributed by atoms with Gasteiger partial charge in [-0.1, -0.05) is 19.3 Å². The van der Waals surface area contributed by atoms with Crippen LogP contribution in [0.25, 0.3) is 0 Å². The third-order valence-electron chi connectivity index (χ3n) is 3.15. The molecule has 0 radical (unpaired) electrons. The van der Waals surface area contributed by atoms with Crippen LogP contribution in [-0.4, -0.2) is 25.0 Å². The van der Waals surface area contributed by atoms with Crippen molar-refractivity contribution >= 4 is 5.91 Å². The van der Waals surface area contributed by atoms with E-state index in [1.54, 1.807) is 0 Å². The minimum absolute atomic E-state index is 0.0177. The first kappa shape index (κ1) is 12.1. The van der Waals surface area contributed by atoms with Gasteiger partial charge in [-0.15, -0.1) is 6.42 Å². The highest BCUT2D eigenvalue weighted by atomic mass is 16.2. The van der Waals surface area contributed by atoms with Crippen molar-refractivity contribution in [2.24, 2.45) is 5.41 Å². The van der Waals surface area contributed by atoms with Crippen molar-refractivity contribution < 1.29 is 4.79 Å². The van der Waals surface area contributed by atoms with E-state index >= 15 is 0 Å². The largest absolute Gasteiger partial charge is 0.344 e. The van der Waals surface area contributed by atoms with Gasteiger partial charge in [-0.05, 0) is 25.2 Å². The Labute approximate surface area is 92.0 Å². The van der Waals surface area contributed by atoms with Crippen LogP contribution in [0.3, 0.4) is 0 Å². The molecular weight excluding hydrogens is 188 g/mol. The SMILES string of the molecule is C#CCNC(=O)C(C)NCC1(C)CCC1. The molecule has 2 N–H and O–H groups in total. The van der Waals surface area contributed by atoms with E-state index in [2.05, 4.69) is 23.5 Å². The number of hydrogen-bond acceptors (Lipinski definition) is 2. The molecule has 0 saturated heterocycles. The molecule has 1 amide bonds. The highest BCUT2D eigenvalue weighted by Crippen LogP contribution is 2.39. The van der Waals surface area contributed by atoms with Crippen molar-refractivity contribution in [1.29, 1.82) is 0 Å². The summed E-state index contributed by atoms with van der Waals surface area (Å²) in [5, 5.41) is 5.92. The second-order valence-corrected chi connectivity index (χ2v) is 4.69. The zero-order valence-electron chi connectivity index (χ0n) is 9.60. The van der Waals surface area contributed by atoms with E-state index in [1.807, 2.05) is 6.92 Å². The van der Waals surface area contributed by atoms with Gasteiger partial charge >= 0.3 is 0 Å². The molecule has 3 heteroatoms. The van der Waals surface area contributed by atoms with Gasteiger partial charge in [0.05, 0.1) is 12.6 Å². The molecule has 0 aromatic carbocycles. The van der Waals surface area contributed by atoms with Gasteiger partial charge in [0, 0.05) is 6.54 Å². The van der Waals surface area contributed by atoms with Gasteiger partial charge in [-0.25, -0.2) is 0 Å². The van der Waals surface area contributed by atoms with E-state index in [-0.39, 0.29) is 11.9 Å². The Morgan fingerprint density at radius 2 is 2.27 bits per heavy atom. The summed E-state index contributed by atoms with van der Waals surface area (Å²) >= 11 is 0. The zero-order chi connectivity index (χ0) is 11.3. The Bertz CT molecular complexity index is 263. The monoisotopic (exact) mass is 208 g/mol. The number of hydrogen-bond donors (Lipinski definition) is 2. The first-order valence-electron chi connectivity index (χ1n) is 5.52. The molecule has 1 unspecified atom stereocenters. The standard InChI is InChI=1S/C12H20N2O/c1-4-8-13-11(15)10(2)14-9-12(3)6-5-7-12/h1,10,14H,5-9H2,2-3H3,(H,13,15). The minimum atomic E-state index is -0.157. The van der Waals surface area contributed by atoms with Crippen LogP contribution >= 0.6 is 0 Å². The van der Waals surface area contributed by atoms with Gasteiger partial charge in [0.2, 0.25) is 5.91 Å². The lowest BCUT2D eigenvalue weighted by molar-refractivity contribution is -0.122. The average Bonchev–Trinajstić information content (AvgIpc) is 2.19. The van der Waals surface area contributed by atoms with Crippen LogP contribution in [0.4, 0.5) is 0 Å². The molecule has 0 bridgehead atoms. The molecule has 1 aliphatic rings. The number of terminal acetylenes is 1. The quantitative estimate of drug-likeness (QED) is 0.659. The second kappa shape index (κ2) is 5.18. The highest BCUT2D eigenvalue weighted by Gasteiger charge is 2.32. The summed E-state index contributed by atoms with van der Waals surface area (Å²) in [4.78, 5) is 11.5. The number of rotatable bonds is 5. The smallest absolute Gasteiger partial charge is 0.237 e. The Hall–Kier alpha value is -1.01. The molecule has 0 heterocycles. The van der Waals surface area contributed by atoms with E-state index < -0.39 is 0 Å². The molecule has 1 saturated carbocycles. The molecule has 1 rings (SSSR count). The van der Waals surface area contributed by atoms with E-state index in [0.717, 1.165) is 6.54 Å². The Kier molecular flexibility index (Phi) is 4.16. The molecule has 0 aromatic rings. The maximum absolute atomic E-state index is 11.5.